The quantitative estimate of drug-likeness (QED) is 0.761. The number of hydrogen-bond donors (Lipinski definition) is 1. The molecule has 2 heterocycles. The topological polar surface area (TPSA) is 30.5 Å². The van der Waals surface area contributed by atoms with E-state index < -0.39 is 0 Å². The van der Waals surface area contributed by atoms with E-state index in [0.717, 1.165) is 24.3 Å². The van der Waals surface area contributed by atoms with Crippen LogP contribution in [0, 0.1) is 6.92 Å². The predicted molar refractivity (Wildman–Crippen MR) is 110 cm³/mol. The summed E-state index contributed by atoms with van der Waals surface area (Å²) in [6.45, 7) is 10.8. The standard InChI is InChI=1S/C24H31NO2/c1-15-7-9-16(10-8-15)19-13-23(2,3)26-21-12-22-18(11-17(19)21)20(25-6)14-24(4,5)27-22/h7-12,19-20,25H,13-14H2,1-6H3. The lowest BCUT2D eigenvalue weighted by atomic mass is 9.78. The van der Waals surface area contributed by atoms with Gasteiger partial charge in [0.1, 0.15) is 22.7 Å². The van der Waals surface area contributed by atoms with Crippen molar-refractivity contribution < 1.29 is 9.47 Å². The van der Waals surface area contributed by atoms with Crippen molar-refractivity contribution in [2.24, 2.45) is 0 Å². The maximum absolute atomic E-state index is 6.40. The molecule has 3 heteroatoms. The molecule has 4 rings (SSSR count). The van der Waals surface area contributed by atoms with E-state index in [1.54, 1.807) is 0 Å². The minimum Gasteiger partial charge on any atom is -0.487 e. The molecule has 0 spiro atoms. The fourth-order valence-electron chi connectivity index (χ4n) is 4.55. The van der Waals surface area contributed by atoms with Gasteiger partial charge in [0, 0.05) is 35.6 Å². The molecule has 0 saturated heterocycles. The molecule has 0 radical (unpaired) electrons. The highest BCUT2D eigenvalue weighted by molar-refractivity contribution is 5.54. The van der Waals surface area contributed by atoms with Gasteiger partial charge in [0.05, 0.1) is 0 Å². The van der Waals surface area contributed by atoms with E-state index in [-0.39, 0.29) is 11.2 Å². The van der Waals surface area contributed by atoms with Gasteiger partial charge in [-0.25, -0.2) is 0 Å². The zero-order valence-corrected chi connectivity index (χ0v) is 17.3. The van der Waals surface area contributed by atoms with Gasteiger partial charge in [0.25, 0.3) is 0 Å². The zero-order valence-electron chi connectivity index (χ0n) is 17.3. The van der Waals surface area contributed by atoms with Crippen molar-refractivity contribution in [3.8, 4) is 11.5 Å². The van der Waals surface area contributed by atoms with E-state index in [9.17, 15) is 0 Å². The molecule has 2 aromatic rings. The van der Waals surface area contributed by atoms with Crippen LogP contribution >= 0.6 is 0 Å². The molecule has 2 atom stereocenters. The Kier molecular flexibility index (Phi) is 4.27. The third-order valence-electron chi connectivity index (χ3n) is 5.89. The lowest BCUT2D eigenvalue weighted by Crippen LogP contribution is -2.39. The van der Waals surface area contributed by atoms with Crippen molar-refractivity contribution >= 4 is 0 Å². The molecule has 3 nitrogen and oxygen atoms in total. The Labute approximate surface area is 163 Å². The molecule has 2 unspecified atom stereocenters. The smallest absolute Gasteiger partial charge is 0.128 e. The first-order chi connectivity index (χ1) is 12.7. The van der Waals surface area contributed by atoms with Crippen molar-refractivity contribution in [3.05, 3.63) is 58.7 Å². The van der Waals surface area contributed by atoms with Crippen molar-refractivity contribution in [2.75, 3.05) is 7.05 Å². The van der Waals surface area contributed by atoms with Crippen molar-refractivity contribution in [3.63, 3.8) is 0 Å². The fourth-order valence-corrected chi connectivity index (χ4v) is 4.55. The highest BCUT2D eigenvalue weighted by Gasteiger charge is 2.39. The monoisotopic (exact) mass is 365 g/mol. The van der Waals surface area contributed by atoms with Gasteiger partial charge in [-0.05, 0) is 59.7 Å². The number of ether oxygens (including phenoxy) is 2. The average Bonchev–Trinajstić information content (AvgIpc) is 2.58. The Morgan fingerprint density at radius 1 is 0.852 bits per heavy atom. The number of rotatable bonds is 2. The molecule has 2 aromatic carbocycles. The molecule has 0 aliphatic carbocycles. The summed E-state index contributed by atoms with van der Waals surface area (Å²) in [5.74, 6) is 2.25. The van der Waals surface area contributed by atoms with Gasteiger partial charge in [0.2, 0.25) is 0 Å². The summed E-state index contributed by atoms with van der Waals surface area (Å²) >= 11 is 0. The number of nitrogens with one attached hydrogen (secondary N) is 1. The minimum atomic E-state index is -0.205. The van der Waals surface area contributed by atoms with Gasteiger partial charge in [-0.1, -0.05) is 29.8 Å². The van der Waals surface area contributed by atoms with E-state index in [0.29, 0.717) is 12.0 Å². The predicted octanol–water partition coefficient (Wildman–Crippen LogP) is 5.51. The van der Waals surface area contributed by atoms with E-state index in [4.69, 9.17) is 9.47 Å². The number of aryl methyl sites for hydroxylation is 1. The summed E-state index contributed by atoms with van der Waals surface area (Å²) in [5.41, 5.74) is 4.79. The Morgan fingerprint density at radius 2 is 1.44 bits per heavy atom. The van der Waals surface area contributed by atoms with Crippen LogP contribution in [-0.2, 0) is 0 Å². The van der Waals surface area contributed by atoms with Crippen LogP contribution in [0.4, 0.5) is 0 Å². The maximum atomic E-state index is 6.40. The van der Waals surface area contributed by atoms with Crippen molar-refractivity contribution in [2.45, 2.75) is 70.6 Å². The molecule has 1 N–H and O–H groups in total. The summed E-state index contributed by atoms with van der Waals surface area (Å²) < 4.78 is 12.7. The lowest BCUT2D eigenvalue weighted by Gasteiger charge is -2.42. The highest BCUT2D eigenvalue weighted by atomic mass is 16.5. The normalized spacial score (nSPS) is 25.0. The SMILES string of the molecule is CNC1CC(C)(C)Oc2cc3c(cc21)C(c1ccc(C)cc1)CC(C)(C)O3. The van der Waals surface area contributed by atoms with E-state index in [2.05, 4.69) is 76.3 Å². The first kappa shape index (κ1) is 18.4. The third kappa shape index (κ3) is 3.45. The van der Waals surface area contributed by atoms with Crippen molar-refractivity contribution in [1.82, 2.24) is 5.32 Å². The Bertz CT molecular complexity index is 851. The highest BCUT2D eigenvalue weighted by Crippen LogP contribution is 2.50. The van der Waals surface area contributed by atoms with Gasteiger partial charge in [-0.15, -0.1) is 0 Å². The Balaban J connectivity index is 1.85. The Hall–Kier alpha value is -2.00. The van der Waals surface area contributed by atoms with E-state index in [1.165, 1.54) is 22.3 Å². The molecule has 2 aliphatic heterocycles. The molecular weight excluding hydrogens is 334 g/mol. The van der Waals surface area contributed by atoms with Crippen LogP contribution < -0.4 is 14.8 Å². The summed E-state index contributed by atoms with van der Waals surface area (Å²) in [4.78, 5) is 0. The van der Waals surface area contributed by atoms with Crippen LogP contribution in [-0.4, -0.2) is 18.2 Å². The number of fused-ring (bicyclic) bond motifs is 2. The van der Waals surface area contributed by atoms with Crippen molar-refractivity contribution in [1.29, 1.82) is 0 Å². The maximum Gasteiger partial charge on any atom is 0.128 e. The van der Waals surface area contributed by atoms with Crippen LogP contribution in [0.25, 0.3) is 0 Å². The second-order valence-electron chi connectivity index (χ2n) is 9.36. The fraction of sp³-hybridized carbons (Fsp3) is 0.500. The first-order valence-electron chi connectivity index (χ1n) is 9.97. The molecule has 0 fully saturated rings. The molecule has 0 aromatic heterocycles. The molecule has 0 saturated carbocycles. The first-order valence-corrected chi connectivity index (χ1v) is 9.97. The molecule has 0 amide bonds. The van der Waals surface area contributed by atoms with Gasteiger partial charge in [0.15, 0.2) is 0 Å². The molecular formula is C24H31NO2. The summed E-state index contributed by atoms with van der Waals surface area (Å²) in [7, 11) is 2.03. The number of benzene rings is 2. The number of hydrogen-bond acceptors (Lipinski definition) is 3. The van der Waals surface area contributed by atoms with Crippen LogP contribution in [0.2, 0.25) is 0 Å². The summed E-state index contributed by atoms with van der Waals surface area (Å²) in [5, 5.41) is 3.48. The molecule has 144 valence electrons. The zero-order chi connectivity index (χ0) is 19.4. The summed E-state index contributed by atoms with van der Waals surface area (Å²) in [6, 6.07) is 13.7. The van der Waals surface area contributed by atoms with Crippen LogP contribution in [0.1, 0.15) is 74.8 Å². The minimum absolute atomic E-state index is 0.185. The van der Waals surface area contributed by atoms with E-state index in [1.807, 2.05) is 7.05 Å². The van der Waals surface area contributed by atoms with Gasteiger partial charge < -0.3 is 14.8 Å². The van der Waals surface area contributed by atoms with Gasteiger partial charge in [-0.3, -0.25) is 0 Å². The van der Waals surface area contributed by atoms with Gasteiger partial charge in [-0.2, -0.15) is 0 Å². The van der Waals surface area contributed by atoms with Crippen LogP contribution in [0.3, 0.4) is 0 Å². The van der Waals surface area contributed by atoms with E-state index >= 15 is 0 Å². The van der Waals surface area contributed by atoms with Crippen LogP contribution in [0.5, 0.6) is 11.5 Å². The Morgan fingerprint density at radius 3 is 2.07 bits per heavy atom. The second-order valence-corrected chi connectivity index (χ2v) is 9.36. The third-order valence-corrected chi connectivity index (χ3v) is 5.89. The largest absolute Gasteiger partial charge is 0.487 e. The average molecular weight is 366 g/mol. The second kappa shape index (κ2) is 6.27. The molecule has 27 heavy (non-hydrogen) atoms. The lowest BCUT2D eigenvalue weighted by molar-refractivity contribution is 0.0603. The molecule has 2 aliphatic rings. The van der Waals surface area contributed by atoms with Gasteiger partial charge >= 0.3 is 0 Å². The summed E-state index contributed by atoms with van der Waals surface area (Å²) in [6.07, 6.45) is 1.93. The molecule has 0 bridgehead atoms. The van der Waals surface area contributed by atoms with Crippen LogP contribution in [0.15, 0.2) is 36.4 Å².